The molecule has 0 aliphatic heterocycles. The zero-order valence-corrected chi connectivity index (χ0v) is 15.6. The molecule has 0 saturated carbocycles. The summed E-state index contributed by atoms with van der Waals surface area (Å²) in [7, 11) is 0. The number of aromatic nitrogens is 1. The van der Waals surface area contributed by atoms with Gasteiger partial charge >= 0.3 is 0 Å². The third-order valence-corrected chi connectivity index (χ3v) is 4.91. The number of hydrogen-bond donors (Lipinski definition) is 1. The van der Waals surface area contributed by atoms with Crippen molar-refractivity contribution in [3.63, 3.8) is 0 Å². The molecule has 0 radical (unpaired) electrons. The molecule has 0 fully saturated rings. The largest absolute Gasteiger partial charge is 0.351 e. The van der Waals surface area contributed by atoms with Crippen molar-refractivity contribution in [2.45, 2.75) is 18.3 Å². The van der Waals surface area contributed by atoms with Crippen LogP contribution in [0.4, 0.5) is 0 Å². The van der Waals surface area contributed by atoms with Crippen LogP contribution in [0.5, 0.6) is 0 Å². The lowest BCUT2D eigenvalue weighted by Gasteiger charge is -2.07. The van der Waals surface area contributed by atoms with E-state index in [-0.39, 0.29) is 10.7 Å². The van der Waals surface area contributed by atoms with E-state index in [0.717, 1.165) is 27.4 Å². The molecule has 1 atom stereocenters. The summed E-state index contributed by atoms with van der Waals surface area (Å²) in [5.41, 5.74) is 4.28. The van der Waals surface area contributed by atoms with E-state index in [0.29, 0.717) is 6.54 Å². The van der Waals surface area contributed by atoms with Crippen LogP contribution in [0.25, 0.3) is 21.8 Å². The molecule has 1 N–H and O–H groups in total. The predicted molar refractivity (Wildman–Crippen MR) is 103 cm³/mol. The van der Waals surface area contributed by atoms with Gasteiger partial charge in [-0.1, -0.05) is 70.5 Å². The van der Waals surface area contributed by atoms with Crippen LogP contribution in [0.15, 0.2) is 60.0 Å². The molecule has 0 aliphatic carbocycles. The van der Waals surface area contributed by atoms with Crippen LogP contribution < -0.4 is 5.32 Å². The van der Waals surface area contributed by atoms with Crippen molar-refractivity contribution < 1.29 is 4.79 Å². The highest BCUT2D eigenvalue weighted by atomic mass is 79.9. The summed E-state index contributed by atoms with van der Waals surface area (Å²) in [4.78, 5) is 16.1. The molecular weight excluding hydrogens is 384 g/mol. The highest BCUT2D eigenvalue weighted by molar-refractivity contribution is 9.10. The van der Waals surface area contributed by atoms with E-state index in [1.165, 1.54) is 0 Å². The molecule has 0 saturated heterocycles. The van der Waals surface area contributed by atoms with Crippen LogP contribution in [0.1, 0.15) is 12.5 Å². The van der Waals surface area contributed by atoms with Crippen LogP contribution in [0, 0.1) is 0 Å². The van der Waals surface area contributed by atoms with E-state index in [2.05, 4.69) is 38.8 Å². The quantitative estimate of drug-likeness (QED) is 0.620. The molecule has 3 rings (SSSR count). The van der Waals surface area contributed by atoms with Crippen LogP contribution in [0.2, 0.25) is 0 Å². The number of alkyl halides is 1. The molecule has 1 aromatic heterocycles. The molecular formula is C19H17BrN2OS. The van der Waals surface area contributed by atoms with Gasteiger partial charge in [-0.25, -0.2) is 4.98 Å². The first-order chi connectivity index (χ1) is 11.6. The molecule has 1 amide bonds. The zero-order chi connectivity index (χ0) is 16.9. The normalized spacial score (nSPS) is 11.9. The van der Waals surface area contributed by atoms with Crippen molar-refractivity contribution in [3.05, 3.63) is 65.5 Å². The maximum absolute atomic E-state index is 11.6. The predicted octanol–water partition coefficient (Wildman–Crippen LogP) is 4.88. The Morgan fingerprint density at radius 3 is 2.50 bits per heavy atom. The number of carbonyl (C=O) groups is 1. The van der Waals surface area contributed by atoms with Gasteiger partial charge in [-0.2, -0.15) is 0 Å². The van der Waals surface area contributed by atoms with Gasteiger partial charge in [0.25, 0.3) is 0 Å². The summed E-state index contributed by atoms with van der Waals surface area (Å²) >= 11 is 4.90. The number of thiazole rings is 1. The Morgan fingerprint density at radius 1 is 1.12 bits per heavy atom. The molecule has 122 valence electrons. The van der Waals surface area contributed by atoms with Crippen LogP contribution in [-0.4, -0.2) is 15.7 Å². The van der Waals surface area contributed by atoms with Crippen molar-refractivity contribution in [2.24, 2.45) is 0 Å². The average molecular weight is 401 g/mol. The molecule has 3 nitrogen and oxygen atoms in total. The smallest absolute Gasteiger partial charge is 0.233 e. The molecule has 1 unspecified atom stereocenters. The summed E-state index contributed by atoms with van der Waals surface area (Å²) in [6, 6.07) is 18.3. The average Bonchev–Trinajstić information content (AvgIpc) is 3.11. The Labute approximate surface area is 153 Å². The molecule has 3 aromatic rings. The van der Waals surface area contributed by atoms with Gasteiger partial charge in [0, 0.05) is 23.1 Å². The van der Waals surface area contributed by atoms with Crippen molar-refractivity contribution in [1.29, 1.82) is 0 Å². The number of halogens is 1. The third-order valence-electron chi connectivity index (χ3n) is 3.60. The maximum atomic E-state index is 11.6. The molecule has 5 heteroatoms. The van der Waals surface area contributed by atoms with Gasteiger partial charge in [0.1, 0.15) is 5.01 Å². The Bertz CT molecular complexity index is 813. The molecule has 0 spiro atoms. The fraction of sp³-hybridized carbons (Fsp3) is 0.158. The van der Waals surface area contributed by atoms with Crippen molar-refractivity contribution in [2.75, 3.05) is 0 Å². The third kappa shape index (κ3) is 4.10. The minimum Gasteiger partial charge on any atom is -0.351 e. The first-order valence-corrected chi connectivity index (χ1v) is 9.45. The van der Waals surface area contributed by atoms with Gasteiger partial charge in [-0.3, -0.25) is 4.79 Å². The van der Waals surface area contributed by atoms with Gasteiger partial charge in [0.2, 0.25) is 5.91 Å². The lowest BCUT2D eigenvalue weighted by Crippen LogP contribution is -2.28. The van der Waals surface area contributed by atoms with E-state index >= 15 is 0 Å². The van der Waals surface area contributed by atoms with Gasteiger partial charge in [-0.15, -0.1) is 11.3 Å². The summed E-state index contributed by atoms with van der Waals surface area (Å²) in [6.07, 6.45) is 0. The fourth-order valence-corrected chi connectivity index (χ4v) is 3.24. The topological polar surface area (TPSA) is 42.0 Å². The van der Waals surface area contributed by atoms with Crippen LogP contribution in [-0.2, 0) is 11.3 Å². The number of carbonyl (C=O) groups excluding carboxylic acids is 1. The van der Waals surface area contributed by atoms with E-state index in [9.17, 15) is 4.79 Å². The monoisotopic (exact) mass is 400 g/mol. The molecule has 0 bridgehead atoms. The number of nitrogens with zero attached hydrogens (tertiary/aromatic N) is 1. The molecule has 1 heterocycles. The SMILES string of the molecule is CC(Br)C(=O)NCc1ccc(-c2nc(-c3ccccc3)cs2)cc1. The van der Waals surface area contributed by atoms with Crippen molar-refractivity contribution >= 4 is 33.2 Å². The van der Waals surface area contributed by atoms with E-state index in [1.807, 2.05) is 49.4 Å². The van der Waals surface area contributed by atoms with Gasteiger partial charge in [-0.05, 0) is 12.5 Å². The van der Waals surface area contributed by atoms with E-state index in [1.54, 1.807) is 11.3 Å². The Morgan fingerprint density at radius 2 is 1.83 bits per heavy atom. The number of nitrogens with one attached hydrogen (secondary N) is 1. The lowest BCUT2D eigenvalue weighted by atomic mass is 10.1. The van der Waals surface area contributed by atoms with Crippen molar-refractivity contribution in [1.82, 2.24) is 10.3 Å². The van der Waals surface area contributed by atoms with E-state index in [4.69, 9.17) is 4.98 Å². The standard InChI is InChI=1S/C19H17BrN2OS/c1-13(20)18(23)21-11-14-7-9-16(10-8-14)19-22-17(12-24-19)15-5-3-2-4-6-15/h2-10,12-13H,11H2,1H3,(H,21,23). The minimum absolute atomic E-state index is 0.00787. The number of rotatable bonds is 5. The minimum atomic E-state index is -0.177. The number of amides is 1. The maximum Gasteiger partial charge on any atom is 0.233 e. The second-order valence-corrected chi connectivity index (χ2v) is 7.67. The van der Waals surface area contributed by atoms with Crippen molar-refractivity contribution in [3.8, 4) is 21.8 Å². The Balaban J connectivity index is 1.70. The zero-order valence-electron chi connectivity index (χ0n) is 13.2. The number of hydrogen-bond acceptors (Lipinski definition) is 3. The summed E-state index contributed by atoms with van der Waals surface area (Å²) in [5.74, 6) is -0.00787. The summed E-state index contributed by atoms with van der Waals surface area (Å²) in [6.45, 7) is 2.34. The second kappa shape index (κ2) is 7.73. The highest BCUT2D eigenvalue weighted by Crippen LogP contribution is 2.28. The van der Waals surface area contributed by atoms with Crippen LogP contribution >= 0.6 is 27.3 Å². The first kappa shape index (κ1) is 16.9. The number of benzene rings is 2. The Kier molecular flexibility index (Phi) is 5.43. The summed E-state index contributed by atoms with van der Waals surface area (Å²) < 4.78 is 0. The summed E-state index contributed by atoms with van der Waals surface area (Å²) in [5, 5.41) is 5.96. The molecule has 0 aliphatic rings. The van der Waals surface area contributed by atoms with Crippen LogP contribution in [0.3, 0.4) is 0 Å². The fourth-order valence-electron chi connectivity index (χ4n) is 2.24. The van der Waals surface area contributed by atoms with Gasteiger partial charge in [0.15, 0.2) is 0 Å². The highest BCUT2D eigenvalue weighted by Gasteiger charge is 2.09. The lowest BCUT2D eigenvalue weighted by molar-refractivity contribution is -0.120. The Hall–Kier alpha value is -1.98. The van der Waals surface area contributed by atoms with E-state index < -0.39 is 0 Å². The molecule has 24 heavy (non-hydrogen) atoms. The second-order valence-electron chi connectivity index (χ2n) is 5.43. The van der Waals surface area contributed by atoms with Gasteiger partial charge in [0.05, 0.1) is 10.5 Å². The first-order valence-electron chi connectivity index (χ1n) is 7.65. The van der Waals surface area contributed by atoms with Gasteiger partial charge < -0.3 is 5.32 Å². The molecule has 2 aromatic carbocycles.